The van der Waals surface area contributed by atoms with Gasteiger partial charge in [0.15, 0.2) is 0 Å². The number of hydrogen-bond donors (Lipinski definition) is 6. The summed E-state index contributed by atoms with van der Waals surface area (Å²) >= 11 is 0. The van der Waals surface area contributed by atoms with Crippen molar-refractivity contribution >= 4 is 17.8 Å². The Morgan fingerprint density at radius 3 is 2.35 bits per heavy atom. The van der Waals surface area contributed by atoms with Crippen molar-refractivity contribution in [3.63, 3.8) is 0 Å². The van der Waals surface area contributed by atoms with Gasteiger partial charge in [-0.15, -0.1) is 0 Å². The molecule has 1 fully saturated rings. The zero-order valence-corrected chi connectivity index (χ0v) is 14.8. The highest BCUT2D eigenvalue weighted by Gasteiger charge is 2.31. The molecule has 0 radical (unpaired) electrons. The lowest BCUT2D eigenvalue weighted by atomic mass is 9.99. The summed E-state index contributed by atoms with van der Waals surface area (Å²) in [7, 11) is 0. The second-order valence-electron chi connectivity index (χ2n) is 6.28. The normalized spacial score (nSPS) is 19.0. The standard InChI is InChI=1S/C16H26N2O8/c1-3-16(25,8-18-9(2)19)6-12(14(22)23)26-15(24)11(20)7-17-13(21)10-4-5-10/h6,10-11,15,20,24-25H,3-5,7-8H2,1-2H3,(H,17,21)(H,18,19)(H,22,23)/b12-6-/t11-,15+,16?/m1/s1. The number of ether oxygens (including phenoxy) is 1. The van der Waals surface area contributed by atoms with Gasteiger partial charge in [-0.3, -0.25) is 9.59 Å². The van der Waals surface area contributed by atoms with Crippen molar-refractivity contribution in [1.82, 2.24) is 10.6 Å². The lowest BCUT2D eigenvalue weighted by Crippen LogP contribution is -2.42. The Bertz CT molecular complexity index is 560. The maximum absolute atomic E-state index is 11.5. The van der Waals surface area contributed by atoms with Gasteiger partial charge in [0.2, 0.25) is 23.9 Å². The van der Waals surface area contributed by atoms with E-state index < -0.39 is 35.6 Å². The first-order valence-electron chi connectivity index (χ1n) is 8.31. The molecule has 1 saturated carbocycles. The van der Waals surface area contributed by atoms with Crippen LogP contribution in [0, 0.1) is 5.92 Å². The minimum atomic E-state index is -1.93. The van der Waals surface area contributed by atoms with Crippen LogP contribution in [0.3, 0.4) is 0 Å². The molecule has 0 aromatic carbocycles. The van der Waals surface area contributed by atoms with Gasteiger partial charge in [0.1, 0.15) is 11.7 Å². The molecule has 0 aromatic rings. The molecule has 0 aliphatic heterocycles. The second kappa shape index (κ2) is 9.51. The van der Waals surface area contributed by atoms with E-state index in [4.69, 9.17) is 4.74 Å². The highest BCUT2D eigenvalue weighted by atomic mass is 16.6. The summed E-state index contributed by atoms with van der Waals surface area (Å²) in [5, 5.41) is 43.9. The van der Waals surface area contributed by atoms with Gasteiger partial charge in [-0.1, -0.05) is 6.92 Å². The van der Waals surface area contributed by atoms with Crippen LogP contribution >= 0.6 is 0 Å². The summed E-state index contributed by atoms with van der Waals surface area (Å²) < 4.78 is 4.83. The number of carboxylic acid groups (broad SMARTS) is 1. The number of aliphatic carboxylic acids is 1. The molecule has 6 N–H and O–H groups in total. The molecule has 1 aliphatic rings. The zero-order valence-electron chi connectivity index (χ0n) is 14.8. The third kappa shape index (κ3) is 7.38. The monoisotopic (exact) mass is 374 g/mol. The average Bonchev–Trinajstić information content (AvgIpc) is 3.41. The van der Waals surface area contributed by atoms with Gasteiger partial charge in [0.05, 0.1) is 6.54 Å². The predicted octanol–water partition coefficient (Wildman–Crippen LogP) is -1.55. The van der Waals surface area contributed by atoms with Crippen molar-refractivity contribution in [2.24, 2.45) is 5.92 Å². The molecule has 0 aromatic heterocycles. The Morgan fingerprint density at radius 2 is 1.88 bits per heavy atom. The molecule has 0 spiro atoms. The fourth-order valence-corrected chi connectivity index (χ4v) is 1.95. The number of rotatable bonds is 11. The SMILES string of the molecule is CCC(O)(/C=C(\O[C@H](O)[C@H](O)CNC(=O)C1CC1)C(=O)O)CNC(C)=O. The van der Waals surface area contributed by atoms with Crippen molar-refractivity contribution in [3.05, 3.63) is 11.8 Å². The van der Waals surface area contributed by atoms with Crippen molar-refractivity contribution in [2.45, 2.75) is 51.1 Å². The Hall–Kier alpha value is -2.17. The van der Waals surface area contributed by atoms with E-state index in [-0.39, 0.29) is 31.3 Å². The summed E-state index contributed by atoms with van der Waals surface area (Å²) in [5.41, 5.74) is -1.72. The fourth-order valence-electron chi connectivity index (χ4n) is 1.95. The van der Waals surface area contributed by atoms with Crippen molar-refractivity contribution in [1.29, 1.82) is 0 Å². The highest BCUT2D eigenvalue weighted by Crippen LogP contribution is 2.28. The molecule has 1 aliphatic carbocycles. The van der Waals surface area contributed by atoms with Gasteiger partial charge < -0.3 is 35.8 Å². The molecule has 3 atom stereocenters. The molecule has 10 heteroatoms. The Labute approximate surface area is 150 Å². The van der Waals surface area contributed by atoms with Crippen LogP contribution in [-0.2, 0) is 19.1 Å². The molecule has 0 heterocycles. The number of carboxylic acids is 1. The Morgan fingerprint density at radius 1 is 1.27 bits per heavy atom. The second-order valence-corrected chi connectivity index (χ2v) is 6.28. The third-order valence-corrected chi connectivity index (χ3v) is 3.88. The first-order chi connectivity index (χ1) is 12.1. The molecule has 10 nitrogen and oxygen atoms in total. The van der Waals surface area contributed by atoms with Crippen LogP contribution in [0.25, 0.3) is 0 Å². The molecule has 1 unspecified atom stereocenters. The molecule has 26 heavy (non-hydrogen) atoms. The molecule has 2 amide bonds. The minimum absolute atomic E-state index is 0.0590. The highest BCUT2D eigenvalue weighted by molar-refractivity contribution is 5.84. The predicted molar refractivity (Wildman–Crippen MR) is 88.5 cm³/mol. The van der Waals surface area contributed by atoms with E-state index in [0.29, 0.717) is 0 Å². The fraction of sp³-hybridized carbons (Fsp3) is 0.688. The smallest absolute Gasteiger partial charge is 0.371 e. The third-order valence-electron chi connectivity index (χ3n) is 3.88. The minimum Gasteiger partial charge on any atom is -0.475 e. The molecule has 0 saturated heterocycles. The van der Waals surface area contributed by atoms with Crippen molar-refractivity contribution < 1.29 is 39.5 Å². The summed E-state index contributed by atoms with van der Waals surface area (Å²) in [6.45, 7) is 2.24. The van der Waals surface area contributed by atoms with Gasteiger partial charge in [-0.05, 0) is 25.3 Å². The molecular formula is C16H26N2O8. The van der Waals surface area contributed by atoms with Crippen LogP contribution in [-0.4, -0.2) is 69.3 Å². The van der Waals surface area contributed by atoms with E-state index in [1.54, 1.807) is 6.92 Å². The number of aliphatic hydroxyl groups excluding tert-OH is 2. The summed E-state index contributed by atoms with van der Waals surface area (Å²) in [6, 6.07) is 0. The lowest BCUT2D eigenvalue weighted by Gasteiger charge is -2.25. The van der Waals surface area contributed by atoms with E-state index in [1.165, 1.54) is 6.92 Å². The van der Waals surface area contributed by atoms with Crippen molar-refractivity contribution in [2.75, 3.05) is 13.1 Å². The van der Waals surface area contributed by atoms with Crippen LogP contribution in [0.5, 0.6) is 0 Å². The summed E-state index contributed by atoms with van der Waals surface area (Å²) in [5.74, 6) is -3.11. The molecule has 148 valence electrons. The lowest BCUT2D eigenvalue weighted by molar-refractivity contribution is -0.160. The summed E-state index contributed by atoms with van der Waals surface area (Å²) in [6.07, 6.45) is -1.04. The zero-order chi connectivity index (χ0) is 19.9. The first kappa shape index (κ1) is 21.9. The number of aliphatic hydroxyl groups is 3. The number of hydrogen-bond acceptors (Lipinski definition) is 7. The number of nitrogens with one attached hydrogen (secondary N) is 2. The van der Waals surface area contributed by atoms with Gasteiger partial charge >= 0.3 is 5.97 Å². The van der Waals surface area contributed by atoms with Gasteiger partial charge in [0.25, 0.3) is 0 Å². The average molecular weight is 374 g/mol. The van der Waals surface area contributed by atoms with Crippen LogP contribution in [0.1, 0.15) is 33.1 Å². The molecular weight excluding hydrogens is 348 g/mol. The van der Waals surface area contributed by atoms with Gasteiger partial charge in [0, 0.05) is 19.4 Å². The number of amides is 2. The molecule has 1 rings (SSSR count). The molecule has 0 bridgehead atoms. The van der Waals surface area contributed by atoms with E-state index in [2.05, 4.69) is 10.6 Å². The van der Waals surface area contributed by atoms with Crippen LogP contribution in [0.4, 0.5) is 0 Å². The topological polar surface area (TPSA) is 165 Å². The maximum atomic E-state index is 11.5. The summed E-state index contributed by atoms with van der Waals surface area (Å²) in [4.78, 5) is 33.8. The quantitative estimate of drug-likeness (QED) is 0.144. The Kier molecular flexibility index (Phi) is 8.00. The van der Waals surface area contributed by atoms with Gasteiger partial charge in [-0.25, -0.2) is 4.79 Å². The number of carbonyl (C=O) groups is 3. The number of carbonyl (C=O) groups excluding carboxylic acids is 2. The van der Waals surface area contributed by atoms with Crippen LogP contribution in [0.15, 0.2) is 11.8 Å². The Balaban J connectivity index is 2.69. The van der Waals surface area contributed by atoms with Gasteiger partial charge in [-0.2, -0.15) is 0 Å². The first-order valence-corrected chi connectivity index (χ1v) is 8.31. The van der Waals surface area contributed by atoms with E-state index in [1.807, 2.05) is 0 Å². The van der Waals surface area contributed by atoms with Crippen molar-refractivity contribution in [3.8, 4) is 0 Å². The van der Waals surface area contributed by atoms with Crippen LogP contribution in [0.2, 0.25) is 0 Å². The maximum Gasteiger partial charge on any atom is 0.371 e. The largest absolute Gasteiger partial charge is 0.475 e. The van der Waals surface area contributed by atoms with E-state index in [9.17, 15) is 34.8 Å². The van der Waals surface area contributed by atoms with E-state index >= 15 is 0 Å². The van der Waals surface area contributed by atoms with E-state index in [0.717, 1.165) is 18.9 Å². The van der Waals surface area contributed by atoms with Crippen LogP contribution < -0.4 is 10.6 Å².